The minimum atomic E-state index is 0.842. The van der Waals surface area contributed by atoms with Gasteiger partial charge in [-0.1, -0.05) is 18.2 Å². The Hall–Kier alpha value is -1.77. The quantitative estimate of drug-likeness (QED) is 0.896. The Morgan fingerprint density at radius 3 is 2.39 bits per heavy atom. The van der Waals surface area contributed by atoms with Gasteiger partial charge in [0.1, 0.15) is 0 Å². The van der Waals surface area contributed by atoms with Gasteiger partial charge in [0, 0.05) is 13.6 Å². The topological polar surface area (TPSA) is 29.9 Å². The van der Waals surface area contributed by atoms with E-state index in [1.807, 2.05) is 18.7 Å². The van der Waals surface area contributed by atoms with Gasteiger partial charge in [0.05, 0.1) is 17.1 Å². The van der Waals surface area contributed by atoms with Crippen molar-refractivity contribution in [3.63, 3.8) is 0 Å². The number of benzene rings is 1. The van der Waals surface area contributed by atoms with E-state index in [4.69, 9.17) is 0 Å². The SMILES string of the molecule is Cc1ccc(CNc2c(C)nn(C)c2C)cc1C. The number of aromatic nitrogens is 2. The molecule has 2 rings (SSSR count). The lowest BCUT2D eigenvalue weighted by molar-refractivity contribution is 0.731. The van der Waals surface area contributed by atoms with Crippen molar-refractivity contribution in [1.82, 2.24) is 9.78 Å². The molecule has 0 bridgehead atoms. The Morgan fingerprint density at radius 2 is 1.83 bits per heavy atom. The van der Waals surface area contributed by atoms with Gasteiger partial charge in [0.15, 0.2) is 0 Å². The summed E-state index contributed by atoms with van der Waals surface area (Å²) < 4.78 is 1.91. The third-order valence-corrected chi connectivity index (χ3v) is 3.55. The van der Waals surface area contributed by atoms with Gasteiger partial charge in [-0.15, -0.1) is 0 Å². The fraction of sp³-hybridized carbons (Fsp3) is 0.400. The van der Waals surface area contributed by atoms with Crippen LogP contribution >= 0.6 is 0 Å². The highest BCUT2D eigenvalue weighted by molar-refractivity contribution is 5.52. The molecule has 18 heavy (non-hydrogen) atoms. The molecule has 0 aliphatic rings. The summed E-state index contributed by atoms with van der Waals surface area (Å²) in [6.45, 7) is 9.26. The van der Waals surface area contributed by atoms with Crippen molar-refractivity contribution >= 4 is 5.69 Å². The Kier molecular flexibility index (Phi) is 3.41. The number of hydrogen-bond donors (Lipinski definition) is 1. The third-order valence-electron chi connectivity index (χ3n) is 3.55. The molecule has 1 N–H and O–H groups in total. The molecule has 3 heteroatoms. The van der Waals surface area contributed by atoms with E-state index in [1.165, 1.54) is 22.4 Å². The van der Waals surface area contributed by atoms with Crippen molar-refractivity contribution in [1.29, 1.82) is 0 Å². The highest BCUT2D eigenvalue weighted by Gasteiger charge is 2.08. The average molecular weight is 243 g/mol. The molecule has 0 atom stereocenters. The summed E-state index contributed by atoms with van der Waals surface area (Å²) >= 11 is 0. The first-order valence-corrected chi connectivity index (χ1v) is 6.29. The van der Waals surface area contributed by atoms with Crippen LogP contribution in [0, 0.1) is 27.7 Å². The molecule has 0 amide bonds. The lowest BCUT2D eigenvalue weighted by Crippen LogP contribution is -2.02. The standard InChI is InChI=1S/C15H21N3/c1-10-6-7-14(8-11(10)2)9-16-15-12(3)17-18(5)13(15)4/h6-8,16H,9H2,1-5H3. The molecule has 0 radical (unpaired) electrons. The molecular formula is C15H21N3. The number of anilines is 1. The predicted octanol–water partition coefficient (Wildman–Crippen LogP) is 3.27. The minimum absolute atomic E-state index is 0.842. The predicted molar refractivity (Wildman–Crippen MR) is 75.9 cm³/mol. The first-order chi connectivity index (χ1) is 8.49. The van der Waals surface area contributed by atoms with E-state index in [-0.39, 0.29) is 0 Å². The first kappa shape index (κ1) is 12.7. The second-order valence-electron chi connectivity index (χ2n) is 4.94. The number of nitrogens with one attached hydrogen (secondary N) is 1. The van der Waals surface area contributed by atoms with Crippen LogP contribution in [-0.4, -0.2) is 9.78 Å². The summed E-state index contributed by atoms with van der Waals surface area (Å²) in [4.78, 5) is 0. The Bertz CT molecular complexity index is 567. The molecule has 2 aromatic rings. The summed E-state index contributed by atoms with van der Waals surface area (Å²) in [5, 5.41) is 7.89. The van der Waals surface area contributed by atoms with Crippen molar-refractivity contribution in [3.05, 3.63) is 46.3 Å². The maximum Gasteiger partial charge on any atom is 0.0827 e. The lowest BCUT2D eigenvalue weighted by Gasteiger charge is -2.09. The zero-order chi connectivity index (χ0) is 13.3. The molecule has 1 aromatic heterocycles. The number of rotatable bonds is 3. The van der Waals surface area contributed by atoms with Gasteiger partial charge < -0.3 is 5.32 Å². The zero-order valence-corrected chi connectivity index (χ0v) is 11.8. The molecule has 1 aromatic carbocycles. The van der Waals surface area contributed by atoms with Crippen molar-refractivity contribution in [2.24, 2.45) is 7.05 Å². The fourth-order valence-corrected chi connectivity index (χ4v) is 2.13. The lowest BCUT2D eigenvalue weighted by atomic mass is 10.1. The normalized spacial score (nSPS) is 10.7. The highest BCUT2D eigenvalue weighted by Crippen LogP contribution is 2.19. The van der Waals surface area contributed by atoms with Crippen LogP contribution in [0.3, 0.4) is 0 Å². The first-order valence-electron chi connectivity index (χ1n) is 6.29. The van der Waals surface area contributed by atoms with Gasteiger partial charge in [0.2, 0.25) is 0 Å². The average Bonchev–Trinajstić information content (AvgIpc) is 2.56. The number of nitrogens with zero attached hydrogens (tertiary/aromatic N) is 2. The van der Waals surface area contributed by atoms with Gasteiger partial charge in [-0.25, -0.2) is 0 Å². The van der Waals surface area contributed by atoms with E-state index in [0.717, 1.165) is 17.9 Å². The van der Waals surface area contributed by atoms with Gasteiger partial charge in [0.25, 0.3) is 0 Å². The molecule has 0 aliphatic carbocycles. The maximum atomic E-state index is 4.41. The van der Waals surface area contributed by atoms with E-state index in [1.54, 1.807) is 0 Å². The van der Waals surface area contributed by atoms with E-state index in [0.29, 0.717) is 0 Å². The van der Waals surface area contributed by atoms with Gasteiger partial charge in [-0.05, 0) is 44.4 Å². The van der Waals surface area contributed by atoms with Gasteiger partial charge >= 0.3 is 0 Å². The summed E-state index contributed by atoms with van der Waals surface area (Å²) in [6.07, 6.45) is 0. The minimum Gasteiger partial charge on any atom is -0.378 e. The molecule has 0 saturated heterocycles. The summed E-state index contributed by atoms with van der Waals surface area (Å²) in [7, 11) is 1.98. The maximum absolute atomic E-state index is 4.41. The van der Waals surface area contributed by atoms with E-state index >= 15 is 0 Å². The second kappa shape index (κ2) is 4.84. The van der Waals surface area contributed by atoms with Crippen molar-refractivity contribution in [2.75, 3.05) is 5.32 Å². The molecule has 0 spiro atoms. The molecule has 0 unspecified atom stereocenters. The molecule has 0 fully saturated rings. The van der Waals surface area contributed by atoms with Crippen LogP contribution in [0.25, 0.3) is 0 Å². The van der Waals surface area contributed by atoms with Crippen LogP contribution in [0.4, 0.5) is 5.69 Å². The van der Waals surface area contributed by atoms with Crippen molar-refractivity contribution in [3.8, 4) is 0 Å². The van der Waals surface area contributed by atoms with Crippen molar-refractivity contribution in [2.45, 2.75) is 34.2 Å². The van der Waals surface area contributed by atoms with E-state index in [9.17, 15) is 0 Å². The second-order valence-corrected chi connectivity index (χ2v) is 4.94. The van der Waals surface area contributed by atoms with Crippen LogP contribution in [0.15, 0.2) is 18.2 Å². The van der Waals surface area contributed by atoms with Crippen LogP contribution in [0.5, 0.6) is 0 Å². The Morgan fingerprint density at radius 1 is 1.11 bits per heavy atom. The number of hydrogen-bond acceptors (Lipinski definition) is 2. The molecular weight excluding hydrogens is 222 g/mol. The molecule has 0 aliphatic heterocycles. The van der Waals surface area contributed by atoms with Crippen LogP contribution in [-0.2, 0) is 13.6 Å². The summed E-state index contributed by atoms with van der Waals surface area (Å²) in [5.74, 6) is 0. The van der Waals surface area contributed by atoms with Crippen LogP contribution < -0.4 is 5.32 Å². The Balaban J connectivity index is 2.14. The van der Waals surface area contributed by atoms with E-state index in [2.05, 4.69) is 49.4 Å². The highest BCUT2D eigenvalue weighted by atomic mass is 15.3. The van der Waals surface area contributed by atoms with E-state index < -0.39 is 0 Å². The zero-order valence-electron chi connectivity index (χ0n) is 11.8. The van der Waals surface area contributed by atoms with Gasteiger partial charge in [-0.2, -0.15) is 5.10 Å². The summed E-state index contributed by atoms with van der Waals surface area (Å²) in [6, 6.07) is 6.59. The molecule has 96 valence electrons. The monoisotopic (exact) mass is 243 g/mol. The Labute approximate surface area is 109 Å². The number of aryl methyl sites for hydroxylation is 4. The smallest absolute Gasteiger partial charge is 0.0827 e. The molecule has 1 heterocycles. The molecule has 0 saturated carbocycles. The van der Waals surface area contributed by atoms with Crippen LogP contribution in [0.2, 0.25) is 0 Å². The van der Waals surface area contributed by atoms with Crippen LogP contribution in [0.1, 0.15) is 28.1 Å². The fourth-order valence-electron chi connectivity index (χ4n) is 2.13. The van der Waals surface area contributed by atoms with Gasteiger partial charge in [-0.3, -0.25) is 4.68 Å². The molecule has 3 nitrogen and oxygen atoms in total. The largest absolute Gasteiger partial charge is 0.378 e. The summed E-state index contributed by atoms with van der Waals surface area (Å²) in [5.41, 5.74) is 7.37. The third kappa shape index (κ3) is 2.40. The van der Waals surface area contributed by atoms with Crippen molar-refractivity contribution < 1.29 is 0 Å².